The first kappa shape index (κ1) is 26.8. The summed E-state index contributed by atoms with van der Waals surface area (Å²) in [5.74, 6) is 0.222. The third-order valence-corrected chi connectivity index (χ3v) is 7.88. The Balaban J connectivity index is 1.09. The second kappa shape index (κ2) is 13.3. The van der Waals surface area contributed by atoms with E-state index in [1.807, 2.05) is 30.3 Å². The van der Waals surface area contributed by atoms with Crippen molar-refractivity contribution >= 4 is 23.3 Å². The second-order valence-corrected chi connectivity index (χ2v) is 10.6. The number of likely N-dealkylation sites (tertiary alicyclic amines) is 1. The van der Waals surface area contributed by atoms with Crippen LogP contribution in [0.5, 0.6) is 0 Å². The molecule has 2 fully saturated rings. The lowest BCUT2D eigenvalue weighted by Crippen LogP contribution is -2.40. The summed E-state index contributed by atoms with van der Waals surface area (Å²) in [4.78, 5) is 27.5. The molecule has 4 rings (SSSR count). The Bertz CT molecular complexity index is 1000. The Labute approximate surface area is 218 Å². The predicted molar refractivity (Wildman–Crippen MR) is 140 cm³/mol. The molecule has 0 unspecified atom stereocenters. The van der Waals surface area contributed by atoms with Crippen LogP contribution < -0.4 is 5.32 Å². The summed E-state index contributed by atoms with van der Waals surface area (Å²) in [6.45, 7) is 3.41. The average molecular weight is 515 g/mol. The summed E-state index contributed by atoms with van der Waals surface area (Å²) in [5, 5.41) is 3.33. The standard InChI is InChI=1S/C29H36ClFN2O3/c30-27-18-24(31)8-11-26(27)29(35)23-13-16-33(17-14-23)15-12-21-6-9-25(10-7-21)32-28(34)20-36-19-22-4-2-1-3-5-22/h1-5,8,11,18,21,23,25H,6-7,9-10,12-17,19-20H2,(H,32,34)/t21-,25-. The van der Waals surface area contributed by atoms with E-state index >= 15 is 0 Å². The van der Waals surface area contributed by atoms with Crippen molar-refractivity contribution in [1.29, 1.82) is 0 Å². The van der Waals surface area contributed by atoms with Crippen LogP contribution >= 0.6 is 11.6 Å². The number of ketones is 1. The zero-order valence-corrected chi connectivity index (χ0v) is 21.5. The second-order valence-electron chi connectivity index (χ2n) is 10.2. The number of nitrogens with one attached hydrogen (secondary N) is 1. The molecule has 1 aliphatic heterocycles. The van der Waals surface area contributed by atoms with Gasteiger partial charge in [0, 0.05) is 17.5 Å². The van der Waals surface area contributed by atoms with Crippen molar-refractivity contribution in [3.8, 4) is 0 Å². The van der Waals surface area contributed by atoms with E-state index in [2.05, 4.69) is 10.2 Å². The topological polar surface area (TPSA) is 58.6 Å². The van der Waals surface area contributed by atoms with E-state index in [9.17, 15) is 14.0 Å². The molecule has 0 spiro atoms. The minimum atomic E-state index is -0.421. The first-order valence-corrected chi connectivity index (χ1v) is 13.5. The van der Waals surface area contributed by atoms with Crippen molar-refractivity contribution in [2.24, 2.45) is 11.8 Å². The molecule has 0 bridgehead atoms. The average Bonchev–Trinajstić information content (AvgIpc) is 2.89. The number of halogens is 2. The maximum atomic E-state index is 13.3. The van der Waals surface area contributed by atoms with Crippen LogP contribution in [0.4, 0.5) is 4.39 Å². The monoisotopic (exact) mass is 514 g/mol. The molecule has 36 heavy (non-hydrogen) atoms. The van der Waals surface area contributed by atoms with Crippen LogP contribution in [-0.2, 0) is 16.1 Å². The SMILES string of the molecule is O=C(COCc1ccccc1)N[C@H]1CC[C@H](CCN2CCC(C(=O)c3ccc(F)cc3Cl)CC2)CC1. The Morgan fingerprint density at radius 2 is 1.72 bits per heavy atom. The predicted octanol–water partition coefficient (Wildman–Crippen LogP) is 5.66. The van der Waals surface area contributed by atoms with E-state index in [0.29, 0.717) is 18.1 Å². The number of amides is 1. The van der Waals surface area contributed by atoms with Crippen molar-refractivity contribution in [2.75, 3.05) is 26.2 Å². The molecule has 1 aliphatic carbocycles. The summed E-state index contributed by atoms with van der Waals surface area (Å²) in [7, 11) is 0. The van der Waals surface area contributed by atoms with Crippen molar-refractivity contribution in [3.63, 3.8) is 0 Å². The van der Waals surface area contributed by atoms with Gasteiger partial charge in [0.05, 0.1) is 11.6 Å². The molecule has 1 saturated heterocycles. The lowest BCUT2D eigenvalue weighted by atomic mass is 9.83. The lowest BCUT2D eigenvalue weighted by Gasteiger charge is -2.34. The molecule has 194 valence electrons. The van der Waals surface area contributed by atoms with Gasteiger partial charge in [-0.1, -0.05) is 41.9 Å². The van der Waals surface area contributed by atoms with E-state index in [1.165, 1.54) is 18.2 Å². The Morgan fingerprint density at radius 1 is 1.00 bits per heavy atom. The summed E-state index contributed by atoms with van der Waals surface area (Å²) in [6.07, 6.45) is 7.09. The zero-order valence-electron chi connectivity index (χ0n) is 20.8. The van der Waals surface area contributed by atoms with Gasteiger partial charge >= 0.3 is 0 Å². The molecular formula is C29H36ClFN2O3. The number of carbonyl (C=O) groups excluding carboxylic acids is 2. The van der Waals surface area contributed by atoms with E-state index in [-0.39, 0.29) is 35.3 Å². The van der Waals surface area contributed by atoms with Gasteiger partial charge in [-0.25, -0.2) is 4.39 Å². The first-order valence-electron chi connectivity index (χ1n) is 13.1. The highest BCUT2D eigenvalue weighted by molar-refractivity contribution is 6.34. The lowest BCUT2D eigenvalue weighted by molar-refractivity contribution is -0.127. The number of benzene rings is 2. The quantitative estimate of drug-likeness (QED) is 0.416. The van der Waals surface area contributed by atoms with Crippen LogP contribution in [0.1, 0.15) is 60.9 Å². The van der Waals surface area contributed by atoms with Crippen molar-refractivity contribution in [3.05, 3.63) is 70.5 Å². The van der Waals surface area contributed by atoms with Gasteiger partial charge in [-0.15, -0.1) is 0 Å². The minimum absolute atomic E-state index is 0.0329. The smallest absolute Gasteiger partial charge is 0.246 e. The number of hydrogen-bond donors (Lipinski definition) is 1. The van der Waals surface area contributed by atoms with E-state index in [4.69, 9.17) is 16.3 Å². The normalized spacial score (nSPS) is 21.3. The number of ether oxygens (including phenoxy) is 1. The largest absolute Gasteiger partial charge is 0.367 e. The Morgan fingerprint density at radius 3 is 2.42 bits per heavy atom. The van der Waals surface area contributed by atoms with Crippen LogP contribution in [0.15, 0.2) is 48.5 Å². The number of rotatable bonds is 10. The maximum Gasteiger partial charge on any atom is 0.246 e. The molecule has 5 nitrogen and oxygen atoms in total. The van der Waals surface area contributed by atoms with Gasteiger partial charge in [0.15, 0.2) is 5.78 Å². The molecule has 0 aromatic heterocycles. The van der Waals surface area contributed by atoms with Crippen LogP contribution in [0.2, 0.25) is 5.02 Å². The molecule has 0 atom stereocenters. The van der Waals surface area contributed by atoms with Crippen molar-refractivity contribution in [2.45, 2.75) is 57.6 Å². The molecule has 1 amide bonds. The van der Waals surface area contributed by atoms with Crippen molar-refractivity contribution < 1.29 is 18.7 Å². The van der Waals surface area contributed by atoms with Crippen LogP contribution in [-0.4, -0.2) is 48.9 Å². The highest BCUT2D eigenvalue weighted by Gasteiger charge is 2.28. The molecular weight excluding hydrogens is 479 g/mol. The highest BCUT2D eigenvalue weighted by Crippen LogP contribution is 2.29. The molecule has 7 heteroatoms. The summed E-state index contributed by atoms with van der Waals surface area (Å²) >= 11 is 6.09. The fourth-order valence-corrected chi connectivity index (χ4v) is 5.65. The summed E-state index contributed by atoms with van der Waals surface area (Å²) in [6, 6.07) is 14.1. The number of carbonyl (C=O) groups is 2. The summed E-state index contributed by atoms with van der Waals surface area (Å²) in [5.41, 5.74) is 1.50. The number of piperidine rings is 1. The molecule has 1 saturated carbocycles. The molecule has 2 aliphatic rings. The van der Waals surface area contributed by atoms with Crippen molar-refractivity contribution in [1.82, 2.24) is 10.2 Å². The van der Waals surface area contributed by atoms with Gasteiger partial charge in [0.2, 0.25) is 5.91 Å². The molecule has 2 aromatic carbocycles. The van der Waals surface area contributed by atoms with Gasteiger partial charge in [-0.2, -0.15) is 0 Å². The van der Waals surface area contributed by atoms with Crippen LogP contribution in [0, 0.1) is 17.7 Å². The minimum Gasteiger partial charge on any atom is -0.367 e. The fraction of sp³-hybridized carbons (Fsp3) is 0.517. The zero-order chi connectivity index (χ0) is 25.3. The van der Waals surface area contributed by atoms with E-state index < -0.39 is 5.82 Å². The fourth-order valence-electron chi connectivity index (χ4n) is 5.39. The van der Waals surface area contributed by atoms with Gasteiger partial charge in [-0.3, -0.25) is 9.59 Å². The number of hydrogen-bond acceptors (Lipinski definition) is 4. The molecule has 1 N–H and O–H groups in total. The van der Waals surface area contributed by atoms with Crippen LogP contribution in [0.25, 0.3) is 0 Å². The van der Waals surface area contributed by atoms with Gasteiger partial charge in [0.1, 0.15) is 12.4 Å². The molecule has 0 radical (unpaired) electrons. The maximum absolute atomic E-state index is 13.3. The number of nitrogens with zero attached hydrogens (tertiary/aromatic N) is 1. The van der Waals surface area contributed by atoms with E-state index in [1.54, 1.807) is 0 Å². The Hall–Kier alpha value is -2.28. The van der Waals surface area contributed by atoms with Crippen LogP contribution in [0.3, 0.4) is 0 Å². The van der Waals surface area contributed by atoms with Gasteiger partial charge in [0.25, 0.3) is 0 Å². The Kier molecular flexibility index (Phi) is 9.90. The summed E-state index contributed by atoms with van der Waals surface area (Å²) < 4.78 is 18.8. The van der Waals surface area contributed by atoms with Gasteiger partial charge < -0.3 is 15.0 Å². The van der Waals surface area contributed by atoms with Gasteiger partial charge in [-0.05, 0) is 94.3 Å². The van der Waals surface area contributed by atoms with E-state index in [0.717, 1.165) is 70.1 Å². The third-order valence-electron chi connectivity index (χ3n) is 7.57. The number of Topliss-reactive ketones (excluding diaryl/α,β-unsaturated/α-hetero) is 1. The molecule has 2 aromatic rings. The highest BCUT2D eigenvalue weighted by atomic mass is 35.5. The first-order chi connectivity index (χ1) is 17.5. The third kappa shape index (κ3) is 7.86. The molecule has 1 heterocycles.